The molecule has 0 saturated carbocycles. The first-order valence-corrected chi connectivity index (χ1v) is 5.84. The molecule has 1 N–H and O–H groups in total. The molecular formula is C17H14O. The summed E-state index contributed by atoms with van der Waals surface area (Å²) < 4.78 is 0. The van der Waals surface area contributed by atoms with Gasteiger partial charge in [0.15, 0.2) is 0 Å². The third-order valence-corrected chi connectivity index (χ3v) is 2.46. The molecule has 0 aromatic heterocycles. The molecular weight excluding hydrogens is 220 g/mol. The minimum absolute atomic E-state index is 0.245. The number of aromatic hydroxyl groups is 1. The van der Waals surface area contributed by atoms with Gasteiger partial charge in [-0.05, 0) is 36.3 Å². The minimum atomic E-state index is 0.245. The highest BCUT2D eigenvalue weighted by atomic mass is 16.3. The number of hydrogen-bond donors (Lipinski definition) is 1. The summed E-state index contributed by atoms with van der Waals surface area (Å²) in [6.45, 7) is 0. The van der Waals surface area contributed by atoms with Crippen molar-refractivity contribution in [2.75, 3.05) is 0 Å². The number of phenols is 1. The molecule has 0 spiro atoms. The Morgan fingerprint density at radius 2 is 1.83 bits per heavy atom. The van der Waals surface area contributed by atoms with Crippen molar-refractivity contribution < 1.29 is 5.11 Å². The lowest BCUT2D eigenvalue weighted by molar-refractivity contribution is 0.475. The molecule has 2 aromatic carbocycles. The van der Waals surface area contributed by atoms with Crippen LogP contribution in [0.3, 0.4) is 0 Å². The summed E-state index contributed by atoms with van der Waals surface area (Å²) in [4.78, 5) is 0. The van der Waals surface area contributed by atoms with E-state index in [2.05, 4.69) is 24.0 Å². The summed E-state index contributed by atoms with van der Waals surface area (Å²) in [6, 6.07) is 17.2. The zero-order valence-electron chi connectivity index (χ0n) is 10.0. The molecule has 0 fully saturated rings. The van der Waals surface area contributed by atoms with Crippen molar-refractivity contribution in [2.24, 2.45) is 0 Å². The van der Waals surface area contributed by atoms with Crippen LogP contribution in [0.1, 0.15) is 11.1 Å². The zero-order chi connectivity index (χ0) is 12.6. The molecule has 0 radical (unpaired) electrons. The van der Waals surface area contributed by atoms with Crippen LogP contribution in [-0.2, 0) is 6.42 Å². The maximum absolute atomic E-state index is 9.28. The molecule has 0 amide bonds. The highest BCUT2D eigenvalue weighted by Crippen LogP contribution is 2.09. The predicted octanol–water partition coefficient (Wildman–Crippen LogP) is 3.54. The Kier molecular flexibility index (Phi) is 4.22. The van der Waals surface area contributed by atoms with Gasteiger partial charge in [0.2, 0.25) is 0 Å². The van der Waals surface area contributed by atoms with Gasteiger partial charge in [-0.1, -0.05) is 54.3 Å². The number of hydrogen-bond acceptors (Lipinski definition) is 1. The molecule has 0 bridgehead atoms. The van der Waals surface area contributed by atoms with E-state index in [-0.39, 0.29) is 5.75 Å². The lowest BCUT2D eigenvalue weighted by atomic mass is 10.1. The van der Waals surface area contributed by atoms with Gasteiger partial charge >= 0.3 is 0 Å². The van der Waals surface area contributed by atoms with E-state index in [1.165, 1.54) is 5.56 Å². The van der Waals surface area contributed by atoms with Gasteiger partial charge in [0.25, 0.3) is 0 Å². The van der Waals surface area contributed by atoms with Crippen molar-refractivity contribution in [1.29, 1.82) is 0 Å². The Morgan fingerprint density at radius 3 is 2.61 bits per heavy atom. The normalized spacial score (nSPS) is 10.0. The SMILES string of the molecule is Oc1cccc(C#C/C=C\Cc2ccccc2)c1. The highest BCUT2D eigenvalue weighted by Gasteiger charge is 1.87. The molecule has 1 nitrogen and oxygen atoms in total. The van der Waals surface area contributed by atoms with Gasteiger partial charge in [-0.15, -0.1) is 0 Å². The standard InChI is InChI=1S/C17H14O/c18-17-13-7-12-16(14-17)11-6-2-5-10-15-8-3-1-4-9-15/h1-5,7-9,12-14,18H,10H2/b5-2-. The van der Waals surface area contributed by atoms with Crippen molar-refractivity contribution in [1.82, 2.24) is 0 Å². The summed E-state index contributed by atoms with van der Waals surface area (Å²) in [7, 11) is 0. The van der Waals surface area contributed by atoms with Crippen LogP contribution in [0.25, 0.3) is 0 Å². The Balaban J connectivity index is 1.92. The molecule has 0 heterocycles. The fourth-order valence-corrected chi connectivity index (χ4v) is 1.58. The monoisotopic (exact) mass is 234 g/mol. The minimum Gasteiger partial charge on any atom is -0.508 e. The Bertz CT molecular complexity index is 586. The zero-order valence-corrected chi connectivity index (χ0v) is 10.0. The lowest BCUT2D eigenvalue weighted by Crippen LogP contribution is -1.77. The third kappa shape index (κ3) is 3.84. The van der Waals surface area contributed by atoms with Crippen molar-refractivity contribution in [2.45, 2.75) is 6.42 Å². The van der Waals surface area contributed by atoms with Crippen molar-refractivity contribution in [3.63, 3.8) is 0 Å². The fraction of sp³-hybridized carbons (Fsp3) is 0.0588. The lowest BCUT2D eigenvalue weighted by Gasteiger charge is -1.92. The van der Waals surface area contributed by atoms with Gasteiger partial charge in [0, 0.05) is 5.56 Å². The smallest absolute Gasteiger partial charge is 0.116 e. The van der Waals surface area contributed by atoms with Gasteiger partial charge in [-0.2, -0.15) is 0 Å². The van der Waals surface area contributed by atoms with Crippen LogP contribution in [-0.4, -0.2) is 5.11 Å². The largest absolute Gasteiger partial charge is 0.508 e. The highest BCUT2D eigenvalue weighted by molar-refractivity contribution is 5.41. The second-order valence-corrected chi connectivity index (χ2v) is 3.91. The van der Waals surface area contributed by atoms with Crippen molar-refractivity contribution in [3.05, 3.63) is 77.9 Å². The van der Waals surface area contributed by atoms with E-state index in [1.807, 2.05) is 36.4 Å². The van der Waals surface area contributed by atoms with E-state index in [9.17, 15) is 5.11 Å². The van der Waals surface area contributed by atoms with E-state index in [1.54, 1.807) is 18.2 Å². The molecule has 2 aromatic rings. The molecule has 0 aliphatic carbocycles. The van der Waals surface area contributed by atoms with Gasteiger partial charge in [-0.3, -0.25) is 0 Å². The Morgan fingerprint density at radius 1 is 1.00 bits per heavy atom. The molecule has 0 aliphatic rings. The average Bonchev–Trinajstić information content (AvgIpc) is 2.40. The van der Waals surface area contributed by atoms with Crippen LogP contribution < -0.4 is 0 Å². The van der Waals surface area contributed by atoms with Crippen LogP contribution in [0.2, 0.25) is 0 Å². The van der Waals surface area contributed by atoms with E-state index in [0.717, 1.165) is 12.0 Å². The second-order valence-electron chi connectivity index (χ2n) is 3.91. The quantitative estimate of drug-likeness (QED) is 0.788. The van der Waals surface area contributed by atoms with Crippen LogP contribution >= 0.6 is 0 Å². The summed E-state index contributed by atoms with van der Waals surface area (Å²) in [5.74, 6) is 6.18. The van der Waals surface area contributed by atoms with Gasteiger partial charge in [0.1, 0.15) is 5.75 Å². The maximum Gasteiger partial charge on any atom is 0.116 e. The van der Waals surface area contributed by atoms with Crippen LogP contribution in [0.4, 0.5) is 0 Å². The molecule has 2 rings (SSSR count). The molecule has 0 aliphatic heterocycles. The number of benzene rings is 2. The summed E-state index contributed by atoms with van der Waals surface area (Å²) in [5.41, 5.74) is 2.09. The second kappa shape index (κ2) is 6.32. The Hall–Kier alpha value is -2.46. The topological polar surface area (TPSA) is 20.2 Å². The van der Waals surface area contributed by atoms with E-state index >= 15 is 0 Å². The molecule has 0 atom stereocenters. The molecule has 88 valence electrons. The van der Waals surface area contributed by atoms with Gasteiger partial charge in [-0.25, -0.2) is 0 Å². The number of rotatable bonds is 2. The Labute approximate surface area is 107 Å². The summed E-state index contributed by atoms with van der Waals surface area (Å²) in [5, 5.41) is 9.28. The molecule has 0 saturated heterocycles. The van der Waals surface area contributed by atoms with E-state index in [4.69, 9.17) is 0 Å². The molecule has 1 heteroatoms. The first-order valence-electron chi connectivity index (χ1n) is 5.84. The van der Waals surface area contributed by atoms with Crippen LogP contribution in [0.15, 0.2) is 66.7 Å². The average molecular weight is 234 g/mol. The molecule has 0 unspecified atom stereocenters. The van der Waals surface area contributed by atoms with Crippen molar-refractivity contribution in [3.8, 4) is 17.6 Å². The van der Waals surface area contributed by atoms with Crippen LogP contribution in [0, 0.1) is 11.8 Å². The van der Waals surface area contributed by atoms with Crippen LogP contribution in [0.5, 0.6) is 5.75 Å². The first-order chi connectivity index (χ1) is 8.84. The predicted molar refractivity (Wildman–Crippen MR) is 74.3 cm³/mol. The van der Waals surface area contributed by atoms with Gasteiger partial charge < -0.3 is 5.11 Å². The van der Waals surface area contributed by atoms with Crippen molar-refractivity contribution >= 4 is 0 Å². The van der Waals surface area contributed by atoms with Gasteiger partial charge in [0.05, 0.1) is 0 Å². The third-order valence-electron chi connectivity index (χ3n) is 2.46. The summed E-state index contributed by atoms with van der Waals surface area (Å²) in [6.07, 6.45) is 4.76. The summed E-state index contributed by atoms with van der Waals surface area (Å²) >= 11 is 0. The fourth-order valence-electron chi connectivity index (χ4n) is 1.58. The van der Waals surface area contributed by atoms with E-state index in [0.29, 0.717) is 0 Å². The maximum atomic E-state index is 9.28. The molecule has 18 heavy (non-hydrogen) atoms. The number of allylic oxidation sites excluding steroid dienone is 2. The first kappa shape index (κ1) is 12.0. The van der Waals surface area contributed by atoms with E-state index < -0.39 is 0 Å². The number of phenolic OH excluding ortho intramolecular Hbond substituents is 1.